The number of pyridine rings is 1. The van der Waals surface area contributed by atoms with Crippen molar-refractivity contribution in [2.75, 3.05) is 37.7 Å². The molecule has 1 amide bonds. The van der Waals surface area contributed by atoms with Crippen molar-refractivity contribution in [2.45, 2.75) is 82.5 Å². The van der Waals surface area contributed by atoms with Gasteiger partial charge in [0.25, 0.3) is 0 Å². The molecular weight excluding hydrogens is 602 g/mol. The van der Waals surface area contributed by atoms with E-state index in [-0.39, 0.29) is 40.9 Å². The average molecular weight is 643 g/mol. The summed E-state index contributed by atoms with van der Waals surface area (Å²) in [5.41, 5.74) is -0.172. The first-order valence-corrected chi connectivity index (χ1v) is 16.8. The maximum Gasteiger partial charge on any atom is 0.410 e. The van der Waals surface area contributed by atoms with Crippen LogP contribution in [0.2, 0.25) is 0 Å². The number of benzene rings is 2. The maximum absolute atomic E-state index is 16.8. The molecule has 2 aromatic carbocycles. The van der Waals surface area contributed by atoms with Crippen LogP contribution in [0.5, 0.6) is 6.01 Å². The van der Waals surface area contributed by atoms with Gasteiger partial charge in [-0.3, -0.25) is 14.8 Å². The van der Waals surface area contributed by atoms with Crippen molar-refractivity contribution in [1.82, 2.24) is 24.8 Å². The predicted octanol–water partition coefficient (Wildman–Crippen LogP) is 6.72. The number of amides is 1. The molecule has 4 saturated heterocycles. The molecule has 2 atom stereocenters. The molecule has 0 aliphatic carbocycles. The Morgan fingerprint density at radius 3 is 2.40 bits per heavy atom. The molecule has 2 unspecified atom stereocenters. The third kappa shape index (κ3) is 5.23. The monoisotopic (exact) mass is 642 g/mol. The molecule has 4 aromatic rings. The van der Waals surface area contributed by atoms with Gasteiger partial charge in [0.15, 0.2) is 5.82 Å². The van der Waals surface area contributed by atoms with Gasteiger partial charge in [0, 0.05) is 30.2 Å². The van der Waals surface area contributed by atoms with E-state index in [4.69, 9.17) is 14.5 Å². The normalized spacial score (nSPS) is 22.3. The first kappa shape index (κ1) is 30.2. The standard InChI is InChI=1S/C36H40F2N6O3/c1-35(2,3)47-34(45)44-23-12-13-24(44)20-42(19-23)32-26-18-39-30(25-10-4-8-22-9-5-11-27(37)28(22)25)29(38)31(26)40-33(41-32)46-21-36-14-6-16-43(36)17-7-15-36/h4-5,8-11,18,23-24H,6-7,12-17,19-21H2,1-3H3. The molecule has 0 radical (unpaired) electrons. The number of aromatic nitrogens is 3. The van der Waals surface area contributed by atoms with Crippen LogP contribution < -0.4 is 9.64 Å². The Balaban J connectivity index is 1.20. The second-order valence-corrected chi connectivity index (χ2v) is 14.5. The van der Waals surface area contributed by atoms with Gasteiger partial charge in [-0.2, -0.15) is 9.97 Å². The van der Waals surface area contributed by atoms with E-state index < -0.39 is 17.2 Å². The van der Waals surface area contributed by atoms with Gasteiger partial charge in [0.05, 0.1) is 23.0 Å². The summed E-state index contributed by atoms with van der Waals surface area (Å²) in [6.07, 6.45) is 7.33. The van der Waals surface area contributed by atoms with Crippen molar-refractivity contribution in [3.63, 3.8) is 0 Å². The van der Waals surface area contributed by atoms with Crippen molar-refractivity contribution >= 4 is 33.6 Å². The Kier molecular flexibility index (Phi) is 7.23. The molecular formula is C36H40F2N6O3. The topological polar surface area (TPSA) is 83.9 Å². The van der Waals surface area contributed by atoms with Crippen LogP contribution in [0.25, 0.3) is 32.9 Å². The summed E-state index contributed by atoms with van der Waals surface area (Å²) >= 11 is 0. The SMILES string of the molecule is CC(C)(C)OC(=O)N1C2CCC1CN(c1nc(OCC34CCCN3CCC4)nc3c(F)c(-c4cccc5cccc(F)c45)ncc13)C2. The lowest BCUT2D eigenvalue weighted by molar-refractivity contribution is 0.0122. The molecule has 8 rings (SSSR count). The second-order valence-electron chi connectivity index (χ2n) is 14.5. The van der Waals surface area contributed by atoms with Gasteiger partial charge in [0.1, 0.15) is 35.1 Å². The lowest BCUT2D eigenvalue weighted by Crippen LogP contribution is -2.57. The van der Waals surface area contributed by atoms with E-state index in [1.165, 1.54) is 6.07 Å². The van der Waals surface area contributed by atoms with Crippen LogP contribution >= 0.6 is 0 Å². The largest absolute Gasteiger partial charge is 0.461 e. The quantitative estimate of drug-likeness (QED) is 0.237. The van der Waals surface area contributed by atoms with Crippen molar-refractivity contribution in [1.29, 1.82) is 0 Å². The number of halogens is 2. The van der Waals surface area contributed by atoms with Crippen LogP contribution in [0.3, 0.4) is 0 Å². The molecule has 9 nitrogen and oxygen atoms in total. The van der Waals surface area contributed by atoms with Crippen molar-refractivity contribution in [2.24, 2.45) is 0 Å². The van der Waals surface area contributed by atoms with Gasteiger partial charge in [0.2, 0.25) is 0 Å². The Morgan fingerprint density at radius 1 is 1.00 bits per heavy atom. The zero-order chi connectivity index (χ0) is 32.5. The lowest BCUT2D eigenvalue weighted by Gasteiger charge is -2.42. The fraction of sp³-hybridized carbons (Fsp3) is 0.500. The number of hydrogen-bond donors (Lipinski definition) is 0. The van der Waals surface area contributed by atoms with E-state index in [1.54, 1.807) is 36.5 Å². The van der Waals surface area contributed by atoms with Crippen molar-refractivity contribution < 1.29 is 23.0 Å². The zero-order valence-corrected chi connectivity index (χ0v) is 27.1. The minimum absolute atomic E-state index is 0.0231. The molecule has 2 bridgehead atoms. The molecule has 0 saturated carbocycles. The van der Waals surface area contributed by atoms with E-state index in [0.29, 0.717) is 47.2 Å². The molecule has 4 fully saturated rings. The molecule has 2 aromatic heterocycles. The Bertz CT molecular complexity index is 1850. The number of carbonyl (C=O) groups is 1. The highest BCUT2D eigenvalue weighted by Gasteiger charge is 2.46. The summed E-state index contributed by atoms with van der Waals surface area (Å²) in [5, 5.41) is 1.42. The van der Waals surface area contributed by atoms with Gasteiger partial charge in [-0.05, 0) is 83.8 Å². The number of anilines is 1. The summed E-state index contributed by atoms with van der Waals surface area (Å²) in [4.78, 5) is 33.8. The molecule has 4 aliphatic rings. The van der Waals surface area contributed by atoms with E-state index in [2.05, 4.69) is 19.8 Å². The summed E-state index contributed by atoms with van der Waals surface area (Å²) < 4.78 is 44.0. The van der Waals surface area contributed by atoms with Gasteiger partial charge in [-0.1, -0.05) is 30.3 Å². The Morgan fingerprint density at radius 2 is 1.70 bits per heavy atom. The van der Waals surface area contributed by atoms with E-state index >= 15 is 8.78 Å². The number of fused-ring (bicyclic) bond motifs is 5. The fourth-order valence-corrected chi connectivity index (χ4v) is 8.36. The van der Waals surface area contributed by atoms with Crippen LogP contribution in [0.4, 0.5) is 19.4 Å². The third-order valence-corrected chi connectivity index (χ3v) is 10.4. The second kappa shape index (κ2) is 11.2. The highest BCUT2D eigenvalue weighted by atomic mass is 19.1. The summed E-state index contributed by atoms with van der Waals surface area (Å²) in [5.74, 6) is -0.564. The van der Waals surface area contributed by atoms with Gasteiger partial charge in [-0.25, -0.2) is 13.6 Å². The number of rotatable bonds is 5. The van der Waals surface area contributed by atoms with Crippen LogP contribution in [-0.2, 0) is 4.74 Å². The number of hydrogen-bond acceptors (Lipinski definition) is 8. The molecule has 11 heteroatoms. The van der Waals surface area contributed by atoms with E-state index in [1.807, 2.05) is 25.7 Å². The summed E-state index contributed by atoms with van der Waals surface area (Å²) in [7, 11) is 0. The van der Waals surface area contributed by atoms with Crippen molar-refractivity contribution in [3.8, 4) is 17.3 Å². The minimum Gasteiger partial charge on any atom is -0.461 e. The molecule has 4 aliphatic heterocycles. The average Bonchev–Trinajstić information content (AvgIpc) is 3.70. The molecule has 246 valence electrons. The highest BCUT2D eigenvalue weighted by Crippen LogP contribution is 2.41. The fourth-order valence-electron chi connectivity index (χ4n) is 8.36. The number of piperazine rings is 1. The highest BCUT2D eigenvalue weighted by molar-refractivity contribution is 5.99. The third-order valence-electron chi connectivity index (χ3n) is 10.4. The van der Waals surface area contributed by atoms with Gasteiger partial charge in [-0.15, -0.1) is 0 Å². The van der Waals surface area contributed by atoms with Crippen LogP contribution in [-0.4, -0.2) is 86.9 Å². The predicted molar refractivity (Wildman–Crippen MR) is 176 cm³/mol. The first-order chi connectivity index (χ1) is 22.6. The van der Waals surface area contributed by atoms with E-state index in [9.17, 15) is 4.79 Å². The van der Waals surface area contributed by atoms with Crippen LogP contribution in [0, 0.1) is 11.6 Å². The van der Waals surface area contributed by atoms with Crippen LogP contribution in [0.15, 0.2) is 42.6 Å². The molecule has 6 heterocycles. The molecule has 0 N–H and O–H groups in total. The number of ether oxygens (including phenoxy) is 2. The minimum atomic E-state index is -0.649. The van der Waals surface area contributed by atoms with E-state index in [0.717, 1.165) is 51.6 Å². The number of carbonyl (C=O) groups excluding carboxylic acids is 1. The molecule has 0 spiro atoms. The Labute approximate surface area is 272 Å². The Hall–Kier alpha value is -4.12. The molecule has 47 heavy (non-hydrogen) atoms. The lowest BCUT2D eigenvalue weighted by atomic mass is 9.95. The summed E-state index contributed by atoms with van der Waals surface area (Å²) in [6.45, 7) is 9.19. The van der Waals surface area contributed by atoms with Gasteiger partial charge >= 0.3 is 12.1 Å². The summed E-state index contributed by atoms with van der Waals surface area (Å²) in [6, 6.07) is 10.0. The number of nitrogens with zero attached hydrogens (tertiary/aromatic N) is 6. The van der Waals surface area contributed by atoms with Gasteiger partial charge < -0.3 is 14.4 Å². The van der Waals surface area contributed by atoms with Crippen molar-refractivity contribution in [3.05, 3.63) is 54.2 Å². The zero-order valence-electron chi connectivity index (χ0n) is 27.1. The maximum atomic E-state index is 16.8. The smallest absolute Gasteiger partial charge is 0.410 e. The first-order valence-electron chi connectivity index (χ1n) is 16.8. The van der Waals surface area contributed by atoms with Crippen LogP contribution in [0.1, 0.15) is 59.3 Å².